The van der Waals surface area contributed by atoms with Crippen molar-refractivity contribution >= 4 is 37.4 Å². The maximum absolute atomic E-state index is 13.1. The Labute approximate surface area is 179 Å². The molecule has 0 radical (unpaired) electrons. The first-order chi connectivity index (χ1) is 14.5. The summed E-state index contributed by atoms with van der Waals surface area (Å²) in [5.74, 6) is -0.392. The first-order valence-electron chi connectivity index (χ1n) is 9.68. The number of nitrogens with zero attached hydrogens (tertiary/aromatic N) is 2. The lowest BCUT2D eigenvalue weighted by Gasteiger charge is -2.17. The number of sulfonamides is 1. The van der Waals surface area contributed by atoms with Gasteiger partial charge in [0, 0.05) is 30.2 Å². The first kappa shape index (κ1) is 20.9. The molecular formula is C21H22N2O5S2. The highest BCUT2D eigenvalue weighted by Crippen LogP contribution is 2.30. The van der Waals surface area contributed by atoms with Gasteiger partial charge in [-0.15, -0.1) is 11.3 Å². The Kier molecular flexibility index (Phi) is 6.14. The molecule has 158 valence electrons. The maximum Gasteiger partial charge on any atom is 0.348 e. The molecule has 0 bridgehead atoms. The molecule has 1 unspecified atom stereocenters. The van der Waals surface area contributed by atoms with Crippen LogP contribution in [0.1, 0.15) is 28.6 Å². The summed E-state index contributed by atoms with van der Waals surface area (Å²) in [6, 6.07) is 10.4. The highest BCUT2D eigenvalue weighted by Gasteiger charge is 2.33. The summed E-state index contributed by atoms with van der Waals surface area (Å²) in [6.45, 7) is 3.22. The topological polar surface area (TPSA) is 85.8 Å². The Morgan fingerprint density at radius 2 is 2.03 bits per heavy atom. The summed E-state index contributed by atoms with van der Waals surface area (Å²) in [5, 5.41) is 0.716. The molecule has 9 heteroatoms. The van der Waals surface area contributed by atoms with Gasteiger partial charge in [0.25, 0.3) is 0 Å². The van der Waals surface area contributed by atoms with Gasteiger partial charge in [0.1, 0.15) is 4.88 Å². The molecule has 7 nitrogen and oxygen atoms in total. The van der Waals surface area contributed by atoms with Crippen LogP contribution in [0.4, 0.5) is 0 Å². The van der Waals surface area contributed by atoms with Crippen LogP contribution in [-0.2, 0) is 26.1 Å². The lowest BCUT2D eigenvalue weighted by atomic mass is 10.2. The van der Waals surface area contributed by atoms with Crippen molar-refractivity contribution in [3.63, 3.8) is 0 Å². The fourth-order valence-corrected chi connectivity index (χ4v) is 5.84. The van der Waals surface area contributed by atoms with E-state index in [0.29, 0.717) is 43.0 Å². The van der Waals surface area contributed by atoms with Crippen LogP contribution in [0.25, 0.3) is 10.1 Å². The number of aromatic nitrogens is 1. The van der Waals surface area contributed by atoms with E-state index in [1.165, 1.54) is 15.6 Å². The van der Waals surface area contributed by atoms with Gasteiger partial charge in [0.2, 0.25) is 10.0 Å². The molecule has 0 aliphatic carbocycles. The number of fused-ring (bicyclic) bond motifs is 1. The largest absolute Gasteiger partial charge is 0.462 e. The highest BCUT2D eigenvalue weighted by atomic mass is 32.2. The van der Waals surface area contributed by atoms with Gasteiger partial charge in [-0.2, -0.15) is 4.31 Å². The van der Waals surface area contributed by atoms with E-state index in [1.807, 2.05) is 12.1 Å². The third-order valence-corrected chi connectivity index (χ3v) is 7.90. The molecule has 3 aromatic rings. The number of hydrogen-bond donors (Lipinski definition) is 0. The molecule has 0 saturated carbocycles. The predicted molar refractivity (Wildman–Crippen MR) is 114 cm³/mol. The SMILES string of the molecule is CCOC(=O)c1cc2cc(S(=O)(=O)N3CCC(OCc4ccncc4)C3)ccc2s1. The highest BCUT2D eigenvalue weighted by molar-refractivity contribution is 7.89. The third-order valence-electron chi connectivity index (χ3n) is 4.94. The number of rotatable bonds is 7. The van der Waals surface area contributed by atoms with E-state index in [2.05, 4.69) is 4.98 Å². The second kappa shape index (κ2) is 8.81. The van der Waals surface area contributed by atoms with Crippen molar-refractivity contribution < 1.29 is 22.7 Å². The molecule has 3 heterocycles. The van der Waals surface area contributed by atoms with Gasteiger partial charge >= 0.3 is 5.97 Å². The number of esters is 1. The summed E-state index contributed by atoms with van der Waals surface area (Å²) in [4.78, 5) is 16.6. The molecule has 1 fully saturated rings. The zero-order valence-corrected chi connectivity index (χ0v) is 18.1. The number of ether oxygens (including phenoxy) is 2. The zero-order valence-electron chi connectivity index (χ0n) is 16.5. The van der Waals surface area contributed by atoms with E-state index in [1.54, 1.807) is 43.6 Å². The van der Waals surface area contributed by atoms with E-state index in [9.17, 15) is 13.2 Å². The quantitative estimate of drug-likeness (QED) is 0.517. The molecule has 1 saturated heterocycles. The fourth-order valence-electron chi connectivity index (χ4n) is 3.38. The minimum atomic E-state index is -3.64. The van der Waals surface area contributed by atoms with Crippen molar-refractivity contribution in [2.45, 2.75) is 31.0 Å². The standard InChI is InChI=1S/C21H22N2O5S2/c1-2-27-21(24)20-12-16-11-18(3-4-19(16)29-20)30(25,26)23-10-7-17(13-23)28-14-15-5-8-22-9-6-15/h3-6,8-9,11-12,17H,2,7,10,13-14H2,1H3. The average molecular weight is 447 g/mol. The van der Waals surface area contributed by atoms with Crippen LogP contribution in [0.5, 0.6) is 0 Å². The molecular weight excluding hydrogens is 424 g/mol. The minimum absolute atomic E-state index is 0.145. The van der Waals surface area contributed by atoms with Crippen LogP contribution in [0.3, 0.4) is 0 Å². The van der Waals surface area contributed by atoms with Crippen molar-refractivity contribution in [2.75, 3.05) is 19.7 Å². The van der Waals surface area contributed by atoms with Gasteiger partial charge in [-0.1, -0.05) is 0 Å². The minimum Gasteiger partial charge on any atom is -0.462 e. The van der Waals surface area contributed by atoms with Crippen molar-refractivity contribution in [2.24, 2.45) is 0 Å². The van der Waals surface area contributed by atoms with Crippen LogP contribution in [0.2, 0.25) is 0 Å². The normalized spacial score (nSPS) is 17.4. The molecule has 1 atom stereocenters. The second-order valence-corrected chi connectivity index (χ2v) is 9.99. The maximum atomic E-state index is 13.1. The van der Waals surface area contributed by atoms with Gasteiger partial charge in [-0.25, -0.2) is 13.2 Å². The van der Waals surface area contributed by atoms with Crippen LogP contribution in [0, 0.1) is 0 Å². The van der Waals surface area contributed by atoms with Crippen LogP contribution < -0.4 is 0 Å². The smallest absolute Gasteiger partial charge is 0.348 e. The summed E-state index contributed by atoms with van der Waals surface area (Å²) < 4.78 is 39.5. The van der Waals surface area contributed by atoms with E-state index in [4.69, 9.17) is 9.47 Å². The summed E-state index contributed by atoms with van der Waals surface area (Å²) in [5.41, 5.74) is 1.01. The third kappa shape index (κ3) is 4.39. The molecule has 1 aliphatic heterocycles. The molecule has 4 rings (SSSR count). The Bertz CT molecular complexity index is 1140. The van der Waals surface area contributed by atoms with Crippen LogP contribution >= 0.6 is 11.3 Å². The van der Waals surface area contributed by atoms with E-state index in [-0.39, 0.29) is 11.0 Å². The number of thiophene rings is 1. The van der Waals surface area contributed by atoms with E-state index < -0.39 is 16.0 Å². The van der Waals surface area contributed by atoms with Gasteiger partial charge < -0.3 is 9.47 Å². The van der Waals surface area contributed by atoms with Crippen molar-refractivity contribution in [1.29, 1.82) is 0 Å². The van der Waals surface area contributed by atoms with Crippen molar-refractivity contribution in [3.05, 3.63) is 59.2 Å². The molecule has 1 aliphatic rings. The van der Waals surface area contributed by atoms with Crippen LogP contribution in [0.15, 0.2) is 53.7 Å². The summed E-state index contributed by atoms with van der Waals surface area (Å²) in [7, 11) is -3.64. The van der Waals surface area contributed by atoms with Crippen molar-refractivity contribution in [3.8, 4) is 0 Å². The molecule has 0 amide bonds. The van der Waals surface area contributed by atoms with Crippen molar-refractivity contribution in [1.82, 2.24) is 9.29 Å². The number of carbonyl (C=O) groups excluding carboxylic acids is 1. The van der Waals surface area contributed by atoms with Crippen LogP contribution in [-0.4, -0.2) is 49.5 Å². The molecule has 0 spiro atoms. The second-order valence-electron chi connectivity index (χ2n) is 6.97. The van der Waals surface area contributed by atoms with Gasteiger partial charge in [0.05, 0.1) is 24.2 Å². The Hall–Kier alpha value is -2.33. The monoisotopic (exact) mass is 446 g/mol. The molecule has 1 aromatic carbocycles. The van der Waals surface area contributed by atoms with Gasteiger partial charge in [-0.05, 0) is 60.7 Å². The summed E-state index contributed by atoms with van der Waals surface area (Å²) in [6.07, 6.45) is 3.92. The first-order valence-corrected chi connectivity index (χ1v) is 11.9. The fraction of sp³-hybridized carbons (Fsp3) is 0.333. The Morgan fingerprint density at radius 3 is 2.80 bits per heavy atom. The lowest BCUT2D eigenvalue weighted by molar-refractivity contribution is 0.0508. The zero-order chi connectivity index (χ0) is 21.1. The van der Waals surface area contributed by atoms with E-state index >= 15 is 0 Å². The predicted octanol–water partition coefficient (Wildman–Crippen LogP) is 3.45. The number of benzene rings is 1. The molecule has 30 heavy (non-hydrogen) atoms. The lowest BCUT2D eigenvalue weighted by Crippen LogP contribution is -2.30. The Balaban J connectivity index is 1.46. The molecule has 2 aromatic heterocycles. The number of pyridine rings is 1. The molecule has 0 N–H and O–H groups in total. The average Bonchev–Trinajstić information content (AvgIpc) is 3.40. The number of carbonyl (C=O) groups is 1. The van der Waals surface area contributed by atoms with Gasteiger partial charge in [0.15, 0.2) is 0 Å². The number of hydrogen-bond acceptors (Lipinski definition) is 7. The Morgan fingerprint density at radius 1 is 1.23 bits per heavy atom. The van der Waals surface area contributed by atoms with Gasteiger partial charge in [-0.3, -0.25) is 4.98 Å². The summed E-state index contributed by atoms with van der Waals surface area (Å²) >= 11 is 1.29. The van der Waals surface area contributed by atoms with E-state index in [0.717, 1.165) is 10.3 Å².